The van der Waals surface area contributed by atoms with Crippen molar-refractivity contribution in [2.24, 2.45) is 5.41 Å². The fraction of sp³-hybridized carbons (Fsp3) is 0.458. The van der Waals surface area contributed by atoms with Gasteiger partial charge in [0.15, 0.2) is 11.5 Å². The Labute approximate surface area is 202 Å². The average molecular weight is 511 g/mol. The number of hydrogen-bond acceptors (Lipinski definition) is 6. The molecule has 0 saturated carbocycles. The summed E-state index contributed by atoms with van der Waals surface area (Å²) in [5.74, 6) is -0.978. The van der Waals surface area contributed by atoms with E-state index in [1.54, 1.807) is 11.8 Å². The number of nitrogens with zero attached hydrogens (tertiary/aromatic N) is 4. The molecule has 0 radical (unpaired) electrons. The zero-order chi connectivity index (χ0) is 25.8. The van der Waals surface area contributed by atoms with Gasteiger partial charge >= 0.3 is 6.18 Å². The summed E-state index contributed by atoms with van der Waals surface area (Å²) in [7, 11) is 0. The van der Waals surface area contributed by atoms with Crippen LogP contribution >= 0.6 is 0 Å². The Morgan fingerprint density at radius 1 is 1.14 bits per heavy atom. The standard InChI is InChI=1S/C24H23F6N5O/c1-12(14-4-3-5-15(18(14)25)21(26)27)31-22-16-8-17(35-7-6-23(9-35)10-36-11-23)20(24(28,29)30)32-19(16)13(2)33-34-22/h3-5,8,12,21H,6-7,9-11H2,1-2H3,(H,31,34)/t12-/m1/s1. The molecular formula is C24H23F6N5O. The first-order valence-corrected chi connectivity index (χ1v) is 11.4. The van der Waals surface area contributed by atoms with Crippen molar-refractivity contribution >= 4 is 22.4 Å². The Hall–Kier alpha value is -3.15. The molecule has 1 N–H and O–H groups in total. The zero-order valence-corrected chi connectivity index (χ0v) is 19.5. The van der Waals surface area contributed by atoms with Gasteiger partial charge in [0.1, 0.15) is 5.82 Å². The maximum absolute atomic E-state index is 14.7. The van der Waals surface area contributed by atoms with E-state index >= 15 is 0 Å². The number of halogens is 6. The predicted molar refractivity (Wildman–Crippen MR) is 121 cm³/mol. The monoisotopic (exact) mass is 511 g/mol. The van der Waals surface area contributed by atoms with Crippen LogP contribution in [0.2, 0.25) is 0 Å². The molecule has 0 unspecified atom stereocenters. The SMILES string of the molecule is Cc1nnc(N[C@H](C)c2cccc(C(F)F)c2F)c2cc(N3CCC4(COC4)C3)c(C(F)(F)F)nc12. The number of nitrogens with one attached hydrogen (secondary N) is 1. The molecule has 6 nitrogen and oxygen atoms in total. The van der Waals surface area contributed by atoms with Crippen molar-refractivity contribution in [2.75, 3.05) is 36.5 Å². The highest BCUT2D eigenvalue weighted by molar-refractivity contribution is 5.93. The number of ether oxygens (including phenoxy) is 1. The molecule has 2 aliphatic heterocycles. The van der Waals surface area contributed by atoms with Crippen molar-refractivity contribution in [1.29, 1.82) is 0 Å². The van der Waals surface area contributed by atoms with E-state index in [-0.39, 0.29) is 39.1 Å². The molecule has 2 saturated heterocycles. The van der Waals surface area contributed by atoms with E-state index in [2.05, 4.69) is 20.5 Å². The Balaban J connectivity index is 1.58. The van der Waals surface area contributed by atoms with Gasteiger partial charge < -0.3 is 15.0 Å². The van der Waals surface area contributed by atoms with Crippen LogP contribution in [-0.2, 0) is 10.9 Å². The second-order valence-electron chi connectivity index (χ2n) is 9.47. The lowest BCUT2D eigenvalue weighted by molar-refractivity contribution is -0.140. The van der Waals surface area contributed by atoms with Crippen LogP contribution in [0.1, 0.15) is 48.3 Å². The summed E-state index contributed by atoms with van der Waals surface area (Å²) < 4.78 is 88.5. The average Bonchev–Trinajstić information content (AvgIpc) is 3.26. The fourth-order valence-electron chi connectivity index (χ4n) is 4.86. The fourth-order valence-corrected chi connectivity index (χ4v) is 4.86. The van der Waals surface area contributed by atoms with Crippen LogP contribution in [0.3, 0.4) is 0 Å². The molecule has 4 heterocycles. The van der Waals surface area contributed by atoms with Crippen LogP contribution in [0.5, 0.6) is 0 Å². The molecule has 1 aromatic carbocycles. The first-order valence-electron chi connectivity index (χ1n) is 11.4. The Bertz CT molecular complexity index is 1310. The van der Waals surface area contributed by atoms with Crippen molar-refractivity contribution in [3.63, 3.8) is 0 Å². The van der Waals surface area contributed by atoms with Crippen LogP contribution in [0, 0.1) is 18.2 Å². The van der Waals surface area contributed by atoms with E-state index in [0.717, 1.165) is 6.07 Å². The van der Waals surface area contributed by atoms with E-state index in [1.165, 1.54) is 25.1 Å². The van der Waals surface area contributed by atoms with Crippen LogP contribution in [-0.4, -0.2) is 41.5 Å². The van der Waals surface area contributed by atoms with Gasteiger partial charge in [-0.2, -0.15) is 18.3 Å². The number of aromatic nitrogens is 3. The molecule has 36 heavy (non-hydrogen) atoms. The number of aryl methyl sites for hydroxylation is 1. The summed E-state index contributed by atoms with van der Waals surface area (Å²) in [5, 5.41) is 11.2. The molecule has 5 rings (SSSR count). The van der Waals surface area contributed by atoms with E-state index in [0.29, 0.717) is 32.7 Å². The van der Waals surface area contributed by atoms with Crippen LogP contribution in [0.15, 0.2) is 24.3 Å². The van der Waals surface area contributed by atoms with Gasteiger partial charge in [-0.3, -0.25) is 0 Å². The first-order chi connectivity index (χ1) is 17.0. The van der Waals surface area contributed by atoms with Crippen molar-refractivity contribution in [2.45, 2.75) is 38.9 Å². The van der Waals surface area contributed by atoms with Gasteiger partial charge in [0.05, 0.1) is 41.7 Å². The number of hydrogen-bond donors (Lipinski definition) is 1. The molecule has 1 atom stereocenters. The molecule has 192 valence electrons. The summed E-state index contributed by atoms with van der Waals surface area (Å²) in [6.45, 7) is 4.87. The zero-order valence-electron chi connectivity index (χ0n) is 19.5. The summed E-state index contributed by atoms with van der Waals surface area (Å²) in [5.41, 5.74) is -1.83. The van der Waals surface area contributed by atoms with Gasteiger partial charge in [-0.1, -0.05) is 18.2 Å². The molecule has 1 spiro atoms. The maximum atomic E-state index is 14.7. The highest BCUT2D eigenvalue weighted by atomic mass is 19.4. The third kappa shape index (κ3) is 4.21. The quantitative estimate of drug-likeness (QED) is 0.435. The third-order valence-corrected chi connectivity index (χ3v) is 6.88. The minimum atomic E-state index is -4.70. The summed E-state index contributed by atoms with van der Waals surface area (Å²) in [6.07, 6.45) is -6.99. The van der Waals surface area contributed by atoms with Gasteiger partial charge in [-0.05, 0) is 26.3 Å². The van der Waals surface area contributed by atoms with E-state index in [1.807, 2.05) is 0 Å². The Morgan fingerprint density at radius 3 is 2.47 bits per heavy atom. The van der Waals surface area contributed by atoms with E-state index in [4.69, 9.17) is 4.74 Å². The second kappa shape index (κ2) is 8.75. The van der Waals surface area contributed by atoms with Crippen molar-refractivity contribution in [3.8, 4) is 0 Å². The molecular weight excluding hydrogens is 488 g/mol. The van der Waals surface area contributed by atoms with Gasteiger partial charge in [-0.15, -0.1) is 5.10 Å². The van der Waals surface area contributed by atoms with E-state index in [9.17, 15) is 26.3 Å². The normalized spacial score (nSPS) is 18.2. The minimum absolute atomic E-state index is 0.00142. The number of pyridine rings is 1. The largest absolute Gasteiger partial charge is 0.435 e. The molecule has 0 aliphatic carbocycles. The Morgan fingerprint density at radius 2 is 1.86 bits per heavy atom. The number of fused-ring (bicyclic) bond motifs is 1. The number of rotatable bonds is 5. The molecule has 0 amide bonds. The van der Waals surface area contributed by atoms with Gasteiger partial charge in [-0.25, -0.2) is 18.2 Å². The third-order valence-electron chi connectivity index (χ3n) is 6.88. The smallest absolute Gasteiger partial charge is 0.380 e. The molecule has 2 fully saturated rings. The number of benzene rings is 1. The number of alkyl halides is 5. The van der Waals surface area contributed by atoms with Crippen molar-refractivity contribution in [3.05, 3.63) is 52.6 Å². The number of anilines is 2. The lowest BCUT2D eigenvalue weighted by Crippen LogP contribution is -2.44. The van der Waals surface area contributed by atoms with Gasteiger partial charge in [0, 0.05) is 29.5 Å². The molecule has 3 aromatic rings. The second-order valence-corrected chi connectivity index (χ2v) is 9.47. The lowest BCUT2D eigenvalue weighted by Gasteiger charge is -2.38. The topological polar surface area (TPSA) is 63.2 Å². The summed E-state index contributed by atoms with van der Waals surface area (Å²) in [4.78, 5) is 5.62. The first kappa shape index (κ1) is 24.5. The van der Waals surface area contributed by atoms with E-state index < -0.39 is 35.7 Å². The molecule has 2 aliphatic rings. The van der Waals surface area contributed by atoms with Crippen LogP contribution < -0.4 is 10.2 Å². The van der Waals surface area contributed by atoms with Crippen LogP contribution in [0.4, 0.5) is 37.8 Å². The van der Waals surface area contributed by atoms with Crippen molar-refractivity contribution in [1.82, 2.24) is 15.2 Å². The molecule has 2 aromatic heterocycles. The lowest BCUT2D eigenvalue weighted by atomic mass is 9.85. The Kier molecular flexibility index (Phi) is 5.97. The van der Waals surface area contributed by atoms with Crippen molar-refractivity contribution < 1.29 is 31.1 Å². The highest BCUT2D eigenvalue weighted by Crippen LogP contribution is 2.44. The predicted octanol–water partition coefficient (Wildman–Crippen LogP) is 5.83. The van der Waals surface area contributed by atoms with Gasteiger partial charge in [0.25, 0.3) is 6.43 Å². The minimum Gasteiger partial charge on any atom is -0.380 e. The summed E-state index contributed by atoms with van der Waals surface area (Å²) in [6, 6.07) is 4.23. The van der Waals surface area contributed by atoms with Gasteiger partial charge in [0.2, 0.25) is 0 Å². The summed E-state index contributed by atoms with van der Waals surface area (Å²) >= 11 is 0. The maximum Gasteiger partial charge on any atom is 0.435 e. The molecule has 0 bridgehead atoms. The highest BCUT2D eigenvalue weighted by Gasteiger charge is 2.47. The van der Waals surface area contributed by atoms with Crippen LogP contribution in [0.25, 0.3) is 10.9 Å². The molecule has 12 heteroatoms.